The number of carboxylic acids is 1. The summed E-state index contributed by atoms with van der Waals surface area (Å²) in [6.45, 7) is 0.656. The molecule has 1 aromatic heterocycles. The molecule has 0 saturated heterocycles. The maximum atomic E-state index is 11.8. The molecule has 1 aliphatic rings. The molecule has 5 heteroatoms. The molecule has 1 atom stereocenters. The van der Waals surface area contributed by atoms with E-state index in [-0.39, 0.29) is 10.8 Å². The molecule has 0 spiro atoms. The van der Waals surface area contributed by atoms with Crippen molar-refractivity contribution in [3.05, 3.63) is 34.0 Å². The molecule has 1 aromatic rings. The van der Waals surface area contributed by atoms with Crippen LogP contribution in [0.2, 0.25) is 0 Å². The van der Waals surface area contributed by atoms with Crippen molar-refractivity contribution in [1.82, 2.24) is 5.32 Å². The van der Waals surface area contributed by atoms with E-state index in [1.54, 1.807) is 6.07 Å². The average Bonchev–Trinajstić information content (AvgIpc) is 2.87. The summed E-state index contributed by atoms with van der Waals surface area (Å²) in [6, 6.07) is 3.02. The molecule has 0 aromatic carbocycles. The minimum Gasteiger partial charge on any atom is -0.477 e. The van der Waals surface area contributed by atoms with Crippen LogP contribution in [-0.2, 0) is 0 Å². The third kappa shape index (κ3) is 3.20. The van der Waals surface area contributed by atoms with Gasteiger partial charge in [0.2, 0.25) is 0 Å². The lowest BCUT2D eigenvalue weighted by atomic mass is 9.94. The van der Waals surface area contributed by atoms with E-state index in [1.165, 1.54) is 6.07 Å². The lowest BCUT2D eigenvalue weighted by Gasteiger charge is -2.17. The summed E-state index contributed by atoms with van der Waals surface area (Å²) in [7, 11) is 0. The minimum absolute atomic E-state index is 0.179. The molecule has 1 amide bonds. The molecule has 2 N–H and O–H groups in total. The van der Waals surface area contributed by atoms with Gasteiger partial charge in [-0.05, 0) is 37.3 Å². The Labute approximate surface area is 109 Å². The largest absolute Gasteiger partial charge is 0.477 e. The Balaban J connectivity index is 1.87. The van der Waals surface area contributed by atoms with Gasteiger partial charge in [-0.1, -0.05) is 12.2 Å². The number of rotatable bonds is 4. The average molecular weight is 265 g/mol. The number of carbonyl (C=O) groups is 2. The van der Waals surface area contributed by atoms with E-state index in [1.807, 2.05) is 0 Å². The van der Waals surface area contributed by atoms with Gasteiger partial charge in [0.15, 0.2) is 0 Å². The van der Waals surface area contributed by atoms with Crippen molar-refractivity contribution in [2.24, 2.45) is 5.92 Å². The molecule has 0 bridgehead atoms. The van der Waals surface area contributed by atoms with Gasteiger partial charge >= 0.3 is 5.97 Å². The smallest absolute Gasteiger partial charge is 0.345 e. The molecular formula is C13H15NO3S. The fourth-order valence-corrected chi connectivity index (χ4v) is 2.70. The lowest BCUT2D eigenvalue weighted by Crippen LogP contribution is -2.29. The highest BCUT2D eigenvalue weighted by Gasteiger charge is 2.15. The Kier molecular flexibility index (Phi) is 4.15. The predicted molar refractivity (Wildman–Crippen MR) is 70.1 cm³/mol. The van der Waals surface area contributed by atoms with Gasteiger partial charge in [0, 0.05) is 6.54 Å². The number of hydrogen-bond donors (Lipinski definition) is 2. The minimum atomic E-state index is -0.989. The second kappa shape index (κ2) is 5.82. The maximum absolute atomic E-state index is 11.8. The van der Waals surface area contributed by atoms with E-state index in [0.717, 1.165) is 30.6 Å². The van der Waals surface area contributed by atoms with Crippen LogP contribution < -0.4 is 5.32 Å². The monoisotopic (exact) mass is 265 g/mol. The summed E-state index contributed by atoms with van der Waals surface area (Å²) in [6.07, 6.45) is 7.49. The number of thiophene rings is 1. The van der Waals surface area contributed by atoms with Crippen LogP contribution in [-0.4, -0.2) is 23.5 Å². The molecule has 0 saturated carbocycles. The zero-order valence-corrected chi connectivity index (χ0v) is 10.7. The quantitative estimate of drug-likeness (QED) is 0.822. The van der Waals surface area contributed by atoms with E-state index in [2.05, 4.69) is 17.5 Å². The summed E-state index contributed by atoms with van der Waals surface area (Å²) < 4.78 is 0. The van der Waals surface area contributed by atoms with Gasteiger partial charge in [0.1, 0.15) is 4.88 Å². The molecule has 96 valence electrons. The first-order valence-corrected chi connectivity index (χ1v) is 6.75. The second-order valence-electron chi connectivity index (χ2n) is 4.33. The third-order valence-corrected chi connectivity index (χ3v) is 4.04. The van der Waals surface area contributed by atoms with Crippen molar-refractivity contribution in [2.45, 2.75) is 19.3 Å². The number of amides is 1. The topological polar surface area (TPSA) is 66.4 Å². The van der Waals surface area contributed by atoms with Crippen LogP contribution >= 0.6 is 11.3 Å². The molecule has 0 aliphatic heterocycles. The number of aromatic carboxylic acids is 1. The zero-order valence-electron chi connectivity index (χ0n) is 9.89. The van der Waals surface area contributed by atoms with Crippen molar-refractivity contribution in [3.8, 4) is 0 Å². The Morgan fingerprint density at radius 2 is 2.11 bits per heavy atom. The van der Waals surface area contributed by atoms with Crippen LogP contribution in [0.4, 0.5) is 0 Å². The highest BCUT2D eigenvalue weighted by atomic mass is 32.1. The molecule has 0 fully saturated rings. The lowest BCUT2D eigenvalue weighted by molar-refractivity contribution is 0.0702. The van der Waals surface area contributed by atoms with Crippen LogP contribution in [0, 0.1) is 5.92 Å². The zero-order chi connectivity index (χ0) is 13.0. The number of nitrogens with one attached hydrogen (secondary N) is 1. The number of hydrogen-bond acceptors (Lipinski definition) is 3. The summed E-state index contributed by atoms with van der Waals surface area (Å²) in [4.78, 5) is 23.2. The van der Waals surface area contributed by atoms with Gasteiger partial charge in [0.25, 0.3) is 5.91 Å². The van der Waals surface area contributed by atoms with E-state index < -0.39 is 5.97 Å². The Morgan fingerprint density at radius 3 is 2.72 bits per heavy atom. The number of allylic oxidation sites excluding steroid dienone is 2. The number of carbonyl (C=O) groups excluding carboxylic acids is 1. The van der Waals surface area contributed by atoms with Gasteiger partial charge in [0.05, 0.1) is 4.88 Å². The van der Waals surface area contributed by atoms with Crippen LogP contribution in [0.3, 0.4) is 0 Å². The van der Waals surface area contributed by atoms with Crippen LogP contribution in [0.5, 0.6) is 0 Å². The fraction of sp³-hybridized carbons (Fsp3) is 0.385. The van der Waals surface area contributed by atoms with Crippen LogP contribution in [0.25, 0.3) is 0 Å². The molecule has 0 radical (unpaired) electrons. The molecule has 1 unspecified atom stereocenters. The van der Waals surface area contributed by atoms with Crippen LogP contribution in [0.1, 0.15) is 38.6 Å². The van der Waals surface area contributed by atoms with Crippen molar-refractivity contribution in [2.75, 3.05) is 6.54 Å². The highest BCUT2D eigenvalue weighted by molar-refractivity contribution is 7.15. The second-order valence-corrected chi connectivity index (χ2v) is 5.41. The van der Waals surface area contributed by atoms with Gasteiger partial charge in [-0.15, -0.1) is 11.3 Å². The predicted octanol–water partition coefficient (Wildman–Crippen LogP) is 2.53. The fourth-order valence-electron chi connectivity index (χ4n) is 1.94. The normalized spacial score (nSPS) is 18.6. The Bertz CT molecular complexity index is 478. The van der Waals surface area contributed by atoms with Gasteiger partial charge in [-0.2, -0.15) is 0 Å². The summed E-state index contributed by atoms with van der Waals surface area (Å²) >= 11 is 1.01. The maximum Gasteiger partial charge on any atom is 0.345 e. The summed E-state index contributed by atoms with van der Waals surface area (Å²) in [5.41, 5.74) is 0. The molecule has 4 nitrogen and oxygen atoms in total. The van der Waals surface area contributed by atoms with E-state index in [0.29, 0.717) is 17.3 Å². The van der Waals surface area contributed by atoms with Gasteiger partial charge in [-0.25, -0.2) is 4.79 Å². The Hall–Kier alpha value is -1.62. The van der Waals surface area contributed by atoms with Crippen LogP contribution in [0.15, 0.2) is 24.3 Å². The van der Waals surface area contributed by atoms with Gasteiger partial charge in [-0.3, -0.25) is 4.79 Å². The molecule has 1 aliphatic carbocycles. The van der Waals surface area contributed by atoms with E-state index in [4.69, 9.17) is 5.11 Å². The van der Waals surface area contributed by atoms with Crippen molar-refractivity contribution in [3.63, 3.8) is 0 Å². The first-order valence-electron chi connectivity index (χ1n) is 5.93. The standard InChI is InChI=1S/C13H15NO3S/c15-12(10-6-7-11(18-10)13(16)17)14-8-9-4-2-1-3-5-9/h1-2,6-7,9H,3-5,8H2,(H,14,15)(H,16,17). The first kappa shape index (κ1) is 12.8. The third-order valence-electron chi connectivity index (χ3n) is 2.97. The molecule has 1 heterocycles. The van der Waals surface area contributed by atoms with Crippen molar-refractivity contribution in [1.29, 1.82) is 0 Å². The first-order chi connectivity index (χ1) is 8.66. The Morgan fingerprint density at radius 1 is 1.33 bits per heavy atom. The SMILES string of the molecule is O=C(O)c1ccc(C(=O)NCC2CC=CCC2)s1. The molecular weight excluding hydrogens is 250 g/mol. The highest BCUT2D eigenvalue weighted by Crippen LogP contribution is 2.19. The van der Waals surface area contributed by atoms with E-state index in [9.17, 15) is 9.59 Å². The number of carboxylic acid groups (broad SMARTS) is 1. The van der Waals surface area contributed by atoms with E-state index >= 15 is 0 Å². The summed E-state index contributed by atoms with van der Waals surface area (Å²) in [5.74, 6) is -0.670. The molecule has 2 rings (SSSR count). The molecule has 18 heavy (non-hydrogen) atoms. The summed E-state index contributed by atoms with van der Waals surface area (Å²) in [5, 5.41) is 11.7. The van der Waals surface area contributed by atoms with Crippen molar-refractivity contribution >= 4 is 23.2 Å². The van der Waals surface area contributed by atoms with Crippen molar-refractivity contribution < 1.29 is 14.7 Å². The van der Waals surface area contributed by atoms with Gasteiger partial charge < -0.3 is 10.4 Å².